The fraction of sp³-hybridized carbons (Fsp3) is 1.00. The van der Waals surface area contributed by atoms with Gasteiger partial charge in [0.25, 0.3) is 0 Å². The molecule has 1 N–H and O–H groups in total. The summed E-state index contributed by atoms with van der Waals surface area (Å²) in [5, 5.41) is 3.41. The average Bonchev–Trinajstić information content (AvgIpc) is 2.67. The SMILES string of the molecule is CNC1CCC(N2CCCCC2)C1. The molecule has 76 valence electrons. The van der Waals surface area contributed by atoms with E-state index in [-0.39, 0.29) is 0 Å². The minimum Gasteiger partial charge on any atom is -0.317 e. The second-order valence-electron chi connectivity index (χ2n) is 4.55. The first-order valence-corrected chi connectivity index (χ1v) is 5.81. The maximum atomic E-state index is 3.41. The molecule has 2 heteroatoms. The van der Waals surface area contributed by atoms with Gasteiger partial charge < -0.3 is 10.2 Å². The Labute approximate surface area is 81.7 Å². The van der Waals surface area contributed by atoms with E-state index in [1.165, 1.54) is 51.6 Å². The van der Waals surface area contributed by atoms with Crippen LogP contribution in [0.3, 0.4) is 0 Å². The Morgan fingerprint density at radius 3 is 2.46 bits per heavy atom. The molecule has 13 heavy (non-hydrogen) atoms. The summed E-state index contributed by atoms with van der Waals surface area (Å²) in [6, 6.07) is 1.70. The zero-order chi connectivity index (χ0) is 9.10. The van der Waals surface area contributed by atoms with E-state index in [4.69, 9.17) is 0 Å². The second-order valence-corrected chi connectivity index (χ2v) is 4.55. The van der Waals surface area contributed by atoms with Crippen LogP contribution in [0.15, 0.2) is 0 Å². The smallest absolute Gasteiger partial charge is 0.0111 e. The van der Waals surface area contributed by atoms with Crippen LogP contribution in [0, 0.1) is 0 Å². The molecule has 1 saturated heterocycles. The van der Waals surface area contributed by atoms with E-state index in [0.29, 0.717) is 0 Å². The topological polar surface area (TPSA) is 15.3 Å². The fourth-order valence-electron chi connectivity index (χ4n) is 2.84. The van der Waals surface area contributed by atoms with Crippen LogP contribution in [0.25, 0.3) is 0 Å². The Hall–Kier alpha value is -0.0800. The van der Waals surface area contributed by atoms with E-state index < -0.39 is 0 Å². The first-order valence-electron chi connectivity index (χ1n) is 5.81. The fourth-order valence-corrected chi connectivity index (χ4v) is 2.84. The Balaban J connectivity index is 1.80. The lowest BCUT2D eigenvalue weighted by molar-refractivity contribution is 0.163. The van der Waals surface area contributed by atoms with Gasteiger partial charge in [-0.1, -0.05) is 6.42 Å². The van der Waals surface area contributed by atoms with Gasteiger partial charge in [0, 0.05) is 12.1 Å². The molecule has 0 amide bonds. The van der Waals surface area contributed by atoms with Gasteiger partial charge in [-0.2, -0.15) is 0 Å². The van der Waals surface area contributed by atoms with Crippen LogP contribution in [-0.4, -0.2) is 37.1 Å². The normalized spacial score (nSPS) is 36.7. The molecule has 0 aromatic rings. The van der Waals surface area contributed by atoms with Crippen LogP contribution in [0.4, 0.5) is 0 Å². The number of nitrogens with zero attached hydrogens (tertiary/aromatic N) is 1. The van der Waals surface area contributed by atoms with Crippen LogP contribution in [-0.2, 0) is 0 Å². The van der Waals surface area contributed by atoms with Crippen molar-refractivity contribution in [3.05, 3.63) is 0 Å². The van der Waals surface area contributed by atoms with E-state index >= 15 is 0 Å². The molecule has 1 aliphatic carbocycles. The summed E-state index contributed by atoms with van der Waals surface area (Å²) in [5.74, 6) is 0. The molecule has 2 atom stereocenters. The highest BCUT2D eigenvalue weighted by Gasteiger charge is 2.28. The van der Waals surface area contributed by atoms with Gasteiger partial charge in [0.15, 0.2) is 0 Å². The molecule has 1 aliphatic heterocycles. The number of nitrogens with one attached hydrogen (secondary N) is 1. The number of hydrogen-bond donors (Lipinski definition) is 1. The van der Waals surface area contributed by atoms with E-state index in [9.17, 15) is 0 Å². The lowest BCUT2D eigenvalue weighted by Gasteiger charge is -2.32. The van der Waals surface area contributed by atoms with Crippen LogP contribution >= 0.6 is 0 Å². The highest BCUT2D eigenvalue weighted by Crippen LogP contribution is 2.26. The number of rotatable bonds is 2. The summed E-state index contributed by atoms with van der Waals surface area (Å²) in [4.78, 5) is 2.72. The summed E-state index contributed by atoms with van der Waals surface area (Å²) in [5.41, 5.74) is 0. The van der Waals surface area contributed by atoms with Gasteiger partial charge in [0.2, 0.25) is 0 Å². The molecule has 1 saturated carbocycles. The largest absolute Gasteiger partial charge is 0.317 e. The highest BCUT2D eigenvalue weighted by molar-refractivity contribution is 4.86. The highest BCUT2D eigenvalue weighted by atomic mass is 15.2. The van der Waals surface area contributed by atoms with E-state index in [1.807, 2.05) is 0 Å². The monoisotopic (exact) mass is 182 g/mol. The van der Waals surface area contributed by atoms with Gasteiger partial charge in [-0.05, 0) is 52.2 Å². The third-order valence-electron chi connectivity index (χ3n) is 3.72. The van der Waals surface area contributed by atoms with Gasteiger partial charge in [-0.25, -0.2) is 0 Å². The lowest BCUT2D eigenvalue weighted by Crippen LogP contribution is -2.38. The zero-order valence-electron chi connectivity index (χ0n) is 8.76. The molecule has 0 bridgehead atoms. The first kappa shape index (κ1) is 9.47. The predicted molar refractivity (Wildman–Crippen MR) is 55.9 cm³/mol. The third kappa shape index (κ3) is 2.23. The molecule has 0 aromatic carbocycles. The maximum Gasteiger partial charge on any atom is 0.0111 e. The molecular formula is C11H22N2. The summed E-state index contributed by atoms with van der Waals surface area (Å²) in [7, 11) is 2.10. The second kappa shape index (κ2) is 4.43. The summed E-state index contributed by atoms with van der Waals surface area (Å²) in [6.07, 6.45) is 8.51. The molecule has 0 aromatic heterocycles. The van der Waals surface area contributed by atoms with Crippen LogP contribution < -0.4 is 5.32 Å². The number of hydrogen-bond acceptors (Lipinski definition) is 2. The number of piperidine rings is 1. The average molecular weight is 182 g/mol. The third-order valence-corrected chi connectivity index (χ3v) is 3.72. The molecule has 1 heterocycles. The number of likely N-dealkylation sites (tertiary alicyclic amines) is 1. The standard InChI is InChI=1S/C11H22N2/c1-12-10-5-6-11(9-10)13-7-3-2-4-8-13/h10-12H,2-9H2,1H3. The van der Waals surface area contributed by atoms with Crippen molar-refractivity contribution in [2.75, 3.05) is 20.1 Å². The Kier molecular flexibility index (Phi) is 3.23. The maximum absolute atomic E-state index is 3.41. The van der Waals surface area contributed by atoms with E-state index in [1.54, 1.807) is 0 Å². The van der Waals surface area contributed by atoms with Gasteiger partial charge in [-0.3, -0.25) is 0 Å². The Bertz CT molecular complexity index is 152. The Morgan fingerprint density at radius 2 is 1.85 bits per heavy atom. The van der Waals surface area contributed by atoms with Crippen molar-refractivity contribution in [2.45, 2.75) is 50.6 Å². The van der Waals surface area contributed by atoms with Gasteiger partial charge in [0.1, 0.15) is 0 Å². The van der Waals surface area contributed by atoms with Crippen molar-refractivity contribution >= 4 is 0 Å². The summed E-state index contributed by atoms with van der Waals surface area (Å²) in [6.45, 7) is 2.72. The molecular weight excluding hydrogens is 160 g/mol. The molecule has 2 unspecified atom stereocenters. The van der Waals surface area contributed by atoms with Crippen molar-refractivity contribution < 1.29 is 0 Å². The van der Waals surface area contributed by atoms with Crippen LogP contribution in [0.2, 0.25) is 0 Å². The minimum absolute atomic E-state index is 0.798. The van der Waals surface area contributed by atoms with Gasteiger partial charge in [-0.15, -0.1) is 0 Å². The summed E-state index contributed by atoms with van der Waals surface area (Å²) >= 11 is 0. The van der Waals surface area contributed by atoms with Gasteiger partial charge >= 0.3 is 0 Å². The molecule has 2 rings (SSSR count). The summed E-state index contributed by atoms with van der Waals surface area (Å²) < 4.78 is 0. The zero-order valence-corrected chi connectivity index (χ0v) is 8.76. The van der Waals surface area contributed by atoms with E-state index in [0.717, 1.165) is 12.1 Å². The quantitative estimate of drug-likeness (QED) is 0.698. The molecule has 2 nitrogen and oxygen atoms in total. The molecule has 0 radical (unpaired) electrons. The van der Waals surface area contributed by atoms with Crippen LogP contribution in [0.1, 0.15) is 38.5 Å². The predicted octanol–water partition coefficient (Wildman–Crippen LogP) is 1.61. The van der Waals surface area contributed by atoms with Gasteiger partial charge in [0.05, 0.1) is 0 Å². The van der Waals surface area contributed by atoms with Crippen molar-refractivity contribution in [1.82, 2.24) is 10.2 Å². The van der Waals surface area contributed by atoms with Crippen molar-refractivity contribution in [2.24, 2.45) is 0 Å². The Morgan fingerprint density at radius 1 is 1.08 bits per heavy atom. The molecule has 0 spiro atoms. The molecule has 2 fully saturated rings. The van der Waals surface area contributed by atoms with Crippen molar-refractivity contribution in [3.63, 3.8) is 0 Å². The lowest BCUT2D eigenvalue weighted by atomic mass is 10.1. The van der Waals surface area contributed by atoms with E-state index in [2.05, 4.69) is 17.3 Å². The minimum atomic E-state index is 0.798. The van der Waals surface area contributed by atoms with Crippen molar-refractivity contribution in [3.8, 4) is 0 Å². The van der Waals surface area contributed by atoms with Crippen molar-refractivity contribution in [1.29, 1.82) is 0 Å². The van der Waals surface area contributed by atoms with Crippen LogP contribution in [0.5, 0.6) is 0 Å². The molecule has 2 aliphatic rings. The first-order chi connectivity index (χ1) is 6.40.